The fraction of sp³-hybridized carbons (Fsp3) is 0.700. The first kappa shape index (κ1) is 9.93. The average Bonchev–Trinajstić information content (AvgIpc) is 2.56. The van der Waals surface area contributed by atoms with E-state index >= 15 is 0 Å². The molecule has 0 saturated carbocycles. The van der Waals surface area contributed by atoms with E-state index in [-0.39, 0.29) is 0 Å². The van der Waals surface area contributed by atoms with Gasteiger partial charge < -0.3 is 10.2 Å². The van der Waals surface area contributed by atoms with E-state index in [0.717, 1.165) is 18.8 Å². The molecule has 0 unspecified atom stereocenters. The summed E-state index contributed by atoms with van der Waals surface area (Å²) >= 11 is 1.75. The predicted molar refractivity (Wildman–Crippen MR) is 61.1 cm³/mol. The van der Waals surface area contributed by atoms with Gasteiger partial charge in [-0.25, -0.2) is 4.98 Å². The highest BCUT2D eigenvalue weighted by molar-refractivity contribution is 7.14. The predicted octanol–water partition coefficient (Wildman–Crippen LogP) is 1.64. The van der Waals surface area contributed by atoms with Crippen molar-refractivity contribution in [2.75, 3.05) is 18.0 Å². The molecule has 1 aromatic heterocycles. The molecule has 78 valence electrons. The van der Waals surface area contributed by atoms with Gasteiger partial charge in [-0.3, -0.25) is 0 Å². The monoisotopic (exact) mass is 211 g/mol. The van der Waals surface area contributed by atoms with Crippen LogP contribution in [0.1, 0.15) is 19.5 Å². The molecule has 0 aromatic carbocycles. The number of nitrogens with zero attached hydrogens (tertiary/aromatic N) is 2. The highest BCUT2D eigenvalue weighted by atomic mass is 32.1. The molecule has 1 N–H and O–H groups in total. The van der Waals surface area contributed by atoms with Crippen molar-refractivity contribution in [1.82, 2.24) is 10.3 Å². The van der Waals surface area contributed by atoms with E-state index in [2.05, 4.69) is 36.0 Å². The van der Waals surface area contributed by atoms with Gasteiger partial charge in [0.25, 0.3) is 0 Å². The lowest BCUT2D eigenvalue weighted by Crippen LogP contribution is -2.54. The molecule has 1 fully saturated rings. The Labute approximate surface area is 89.1 Å². The Balaban J connectivity index is 2.20. The minimum atomic E-state index is 0.574. The summed E-state index contributed by atoms with van der Waals surface area (Å²) in [7, 11) is 0. The first-order chi connectivity index (χ1) is 6.68. The van der Waals surface area contributed by atoms with Crippen LogP contribution >= 0.6 is 11.3 Å². The first-order valence-electron chi connectivity index (χ1n) is 5.08. The number of thiazole rings is 1. The summed E-state index contributed by atoms with van der Waals surface area (Å²) in [6.45, 7) is 8.74. The number of hydrogen-bond acceptors (Lipinski definition) is 4. The second-order valence-corrected chi connectivity index (χ2v) is 4.89. The van der Waals surface area contributed by atoms with Gasteiger partial charge in [-0.05, 0) is 20.8 Å². The molecule has 2 atom stereocenters. The molecule has 0 spiro atoms. The smallest absolute Gasteiger partial charge is 0.114 e. The topological polar surface area (TPSA) is 28.2 Å². The van der Waals surface area contributed by atoms with Crippen molar-refractivity contribution in [3.05, 3.63) is 11.2 Å². The van der Waals surface area contributed by atoms with E-state index in [1.165, 1.54) is 5.00 Å². The van der Waals surface area contributed by atoms with Crippen molar-refractivity contribution in [1.29, 1.82) is 0 Å². The SMILES string of the molecule is Cc1ncsc1N1C[C@@H](C)NC[C@H]1C. The number of anilines is 1. The van der Waals surface area contributed by atoms with Crippen LogP contribution in [0.3, 0.4) is 0 Å². The van der Waals surface area contributed by atoms with E-state index in [4.69, 9.17) is 0 Å². The number of aromatic nitrogens is 1. The molecular formula is C10H17N3S. The highest BCUT2D eigenvalue weighted by Crippen LogP contribution is 2.27. The molecule has 0 aliphatic carbocycles. The lowest BCUT2D eigenvalue weighted by Gasteiger charge is -2.38. The Morgan fingerprint density at radius 1 is 1.57 bits per heavy atom. The largest absolute Gasteiger partial charge is 0.356 e. The summed E-state index contributed by atoms with van der Waals surface area (Å²) in [5.74, 6) is 0. The van der Waals surface area contributed by atoms with Crippen molar-refractivity contribution in [3.63, 3.8) is 0 Å². The van der Waals surface area contributed by atoms with Gasteiger partial charge in [-0.1, -0.05) is 0 Å². The van der Waals surface area contributed by atoms with Gasteiger partial charge in [0.15, 0.2) is 0 Å². The third-order valence-corrected chi connectivity index (χ3v) is 3.71. The van der Waals surface area contributed by atoms with Crippen LogP contribution in [0, 0.1) is 6.92 Å². The number of hydrogen-bond donors (Lipinski definition) is 1. The van der Waals surface area contributed by atoms with Crippen LogP contribution in [0.25, 0.3) is 0 Å². The minimum Gasteiger partial charge on any atom is -0.356 e. The van der Waals surface area contributed by atoms with Crippen LogP contribution in [0.5, 0.6) is 0 Å². The van der Waals surface area contributed by atoms with Gasteiger partial charge in [-0.15, -0.1) is 11.3 Å². The van der Waals surface area contributed by atoms with Crippen LogP contribution in [-0.4, -0.2) is 30.2 Å². The average molecular weight is 211 g/mol. The summed E-state index contributed by atoms with van der Waals surface area (Å²) in [5.41, 5.74) is 3.10. The van der Waals surface area contributed by atoms with Gasteiger partial charge >= 0.3 is 0 Å². The van der Waals surface area contributed by atoms with Crippen molar-refractivity contribution in [3.8, 4) is 0 Å². The molecule has 1 saturated heterocycles. The molecule has 0 amide bonds. The van der Waals surface area contributed by atoms with Crippen molar-refractivity contribution in [2.24, 2.45) is 0 Å². The zero-order chi connectivity index (χ0) is 10.1. The van der Waals surface area contributed by atoms with Gasteiger partial charge in [0, 0.05) is 25.2 Å². The Kier molecular flexibility index (Phi) is 2.74. The molecule has 1 aliphatic heterocycles. The van der Waals surface area contributed by atoms with Crippen LogP contribution in [0.15, 0.2) is 5.51 Å². The summed E-state index contributed by atoms with van der Waals surface area (Å²) in [5, 5.41) is 4.82. The quantitative estimate of drug-likeness (QED) is 0.765. The van der Waals surface area contributed by atoms with Crippen LogP contribution in [0.4, 0.5) is 5.00 Å². The molecule has 4 heteroatoms. The van der Waals surface area contributed by atoms with E-state index in [0.29, 0.717) is 12.1 Å². The van der Waals surface area contributed by atoms with E-state index in [1.54, 1.807) is 11.3 Å². The molecule has 14 heavy (non-hydrogen) atoms. The van der Waals surface area contributed by atoms with E-state index in [1.807, 2.05) is 5.51 Å². The lowest BCUT2D eigenvalue weighted by molar-refractivity contribution is 0.426. The molecule has 0 radical (unpaired) electrons. The Morgan fingerprint density at radius 3 is 3.00 bits per heavy atom. The zero-order valence-corrected chi connectivity index (χ0v) is 9.77. The van der Waals surface area contributed by atoms with Crippen LogP contribution in [-0.2, 0) is 0 Å². The summed E-state index contributed by atoms with van der Waals surface area (Å²) in [6, 6.07) is 1.15. The third-order valence-electron chi connectivity index (χ3n) is 2.75. The molecular weight excluding hydrogens is 194 g/mol. The van der Waals surface area contributed by atoms with E-state index < -0.39 is 0 Å². The normalized spacial score (nSPS) is 28.1. The molecule has 3 nitrogen and oxygen atoms in total. The maximum Gasteiger partial charge on any atom is 0.114 e. The van der Waals surface area contributed by atoms with Crippen molar-refractivity contribution < 1.29 is 0 Å². The maximum absolute atomic E-state index is 4.31. The summed E-state index contributed by atoms with van der Waals surface area (Å²) in [6.07, 6.45) is 0. The fourth-order valence-electron chi connectivity index (χ4n) is 1.88. The minimum absolute atomic E-state index is 0.574. The number of nitrogens with one attached hydrogen (secondary N) is 1. The van der Waals surface area contributed by atoms with Gasteiger partial charge in [0.2, 0.25) is 0 Å². The van der Waals surface area contributed by atoms with Crippen molar-refractivity contribution in [2.45, 2.75) is 32.9 Å². The summed E-state index contributed by atoms with van der Waals surface area (Å²) < 4.78 is 0. The summed E-state index contributed by atoms with van der Waals surface area (Å²) in [4.78, 5) is 6.77. The molecule has 1 aromatic rings. The number of piperazine rings is 1. The Morgan fingerprint density at radius 2 is 2.36 bits per heavy atom. The second-order valence-electron chi connectivity index (χ2n) is 4.05. The van der Waals surface area contributed by atoms with E-state index in [9.17, 15) is 0 Å². The third kappa shape index (κ3) is 1.77. The Hall–Kier alpha value is -0.610. The maximum atomic E-state index is 4.31. The van der Waals surface area contributed by atoms with Crippen LogP contribution in [0.2, 0.25) is 0 Å². The Bertz CT molecular complexity index is 310. The molecule has 2 rings (SSSR count). The first-order valence-corrected chi connectivity index (χ1v) is 5.96. The zero-order valence-electron chi connectivity index (χ0n) is 8.95. The van der Waals surface area contributed by atoms with Crippen molar-refractivity contribution >= 4 is 16.3 Å². The fourth-order valence-corrected chi connectivity index (χ4v) is 2.80. The highest BCUT2D eigenvalue weighted by Gasteiger charge is 2.24. The molecule has 0 bridgehead atoms. The number of rotatable bonds is 1. The second kappa shape index (κ2) is 3.87. The number of aryl methyl sites for hydroxylation is 1. The van der Waals surface area contributed by atoms with Crippen LogP contribution < -0.4 is 10.2 Å². The molecule has 2 heterocycles. The van der Waals surface area contributed by atoms with Gasteiger partial charge in [-0.2, -0.15) is 0 Å². The van der Waals surface area contributed by atoms with Gasteiger partial charge in [0.1, 0.15) is 5.00 Å². The lowest BCUT2D eigenvalue weighted by atomic mass is 10.1. The van der Waals surface area contributed by atoms with Gasteiger partial charge in [0.05, 0.1) is 11.2 Å². The standard InChI is InChI=1S/C10H17N3S/c1-7-5-13(8(2)4-11-7)10-9(3)12-6-14-10/h6-8,11H,4-5H2,1-3H3/t7-,8-/m1/s1. The molecule has 1 aliphatic rings.